The molecule has 5 nitrogen and oxygen atoms in total. The molecule has 0 heterocycles. The van der Waals surface area contributed by atoms with E-state index in [1.807, 2.05) is 19.9 Å². The number of rotatable bonds is 8. The van der Waals surface area contributed by atoms with Gasteiger partial charge in [0.1, 0.15) is 6.04 Å². The average molecular weight is 240 g/mol. The maximum absolute atomic E-state index is 11.4. The molecule has 0 rings (SSSR count). The van der Waals surface area contributed by atoms with E-state index >= 15 is 0 Å². The molecule has 0 bridgehead atoms. The summed E-state index contributed by atoms with van der Waals surface area (Å²) < 4.78 is 0. The molecule has 0 aliphatic carbocycles. The summed E-state index contributed by atoms with van der Waals surface area (Å²) in [6.45, 7) is 3.81. The normalized spacial score (nSPS) is 11.9. The van der Waals surface area contributed by atoms with E-state index in [4.69, 9.17) is 10.4 Å². The van der Waals surface area contributed by atoms with Crippen molar-refractivity contribution in [3.63, 3.8) is 0 Å². The maximum atomic E-state index is 11.4. The molecule has 1 atom stereocenters. The van der Waals surface area contributed by atoms with E-state index in [0.29, 0.717) is 32.1 Å². The first-order chi connectivity index (χ1) is 7.97. The summed E-state index contributed by atoms with van der Waals surface area (Å²) in [5.74, 6) is -1.03. The van der Waals surface area contributed by atoms with E-state index in [1.54, 1.807) is 0 Å². The Morgan fingerprint density at radius 1 is 1.35 bits per heavy atom. The Hall–Kier alpha value is -1.57. The number of nitrogens with one attached hydrogen (secondary N) is 1. The number of amides is 1. The molecule has 0 spiro atoms. The van der Waals surface area contributed by atoms with Gasteiger partial charge in [-0.3, -0.25) is 4.79 Å². The van der Waals surface area contributed by atoms with Gasteiger partial charge in [0.2, 0.25) is 5.91 Å². The number of unbranched alkanes of at least 4 members (excludes halogenated alkanes) is 2. The zero-order valence-electron chi connectivity index (χ0n) is 10.4. The van der Waals surface area contributed by atoms with E-state index in [0.717, 1.165) is 0 Å². The summed E-state index contributed by atoms with van der Waals surface area (Å²) in [5.41, 5.74) is 0. The van der Waals surface area contributed by atoms with E-state index in [-0.39, 0.29) is 11.8 Å². The summed E-state index contributed by atoms with van der Waals surface area (Å²) in [7, 11) is 0. The molecular weight excluding hydrogens is 220 g/mol. The lowest BCUT2D eigenvalue weighted by molar-refractivity contribution is -0.142. The van der Waals surface area contributed by atoms with E-state index < -0.39 is 12.0 Å². The topological polar surface area (TPSA) is 90.2 Å². The van der Waals surface area contributed by atoms with E-state index in [2.05, 4.69) is 5.32 Å². The standard InChI is InChI=1S/C12H20N2O3/c1-9(2)8-11(15)14-10(12(16)17)6-4-3-5-7-13/h9-10H,3-6,8H2,1-2H3,(H,14,15)(H,16,17)/t10-/m1/s1. The number of nitriles is 1. The first-order valence-electron chi connectivity index (χ1n) is 5.86. The Morgan fingerprint density at radius 2 is 2.00 bits per heavy atom. The van der Waals surface area contributed by atoms with Gasteiger partial charge in [0.15, 0.2) is 0 Å². The molecule has 17 heavy (non-hydrogen) atoms. The molecule has 0 aromatic heterocycles. The van der Waals surface area contributed by atoms with Crippen LogP contribution < -0.4 is 5.32 Å². The highest BCUT2D eigenvalue weighted by atomic mass is 16.4. The van der Waals surface area contributed by atoms with Crippen LogP contribution in [0.3, 0.4) is 0 Å². The smallest absolute Gasteiger partial charge is 0.326 e. The van der Waals surface area contributed by atoms with Gasteiger partial charge in [0.05, 0.1) is 6.07 Å². The number of aliphatic carboxylic acids is 1. The Labute approximate surface area is 102 Å². The van der Waals surface area contributed by atoms with Crippen LogP contribution >= 0.6 is 0 Å². The second kappa shape index (κ2) is 8.57. The Balaban J connectivity index is 4.03. The number of carboxylic acids is 1. The fraction of sp³-hybridized carbons (Fsp3) is 0.750. The number of carboxylic acid groups (broad SMARTS) is 1. The van der Waals surface area contributed by atoms with Gasteiger partial charge in [-0.2, -0.15) is 5.26 Å². The van der Waals surface area contributed by atoms with E-state index in [9.17, 15) is 9.59 Å². The summed E-state index contributed by atoms with van der Waals surface area (Å²) in [6.07, 6.45) is 2.43. The third kappa shape index (κ3) is 8.26. The molecule has 0 saturated carbocycles. The number of hydrogen-bond acceptors (Lipinski definition) is 3. The van der Waals surface area contributed by atoms with Crippen molar-refractivity contribution in [1.82, 2.24) is 5.32 Å². The van der Waals surface area contributed by atoms with Gasteiger partial charge in [-0.1, -0.05) is 13.8 Å². The number of nitrogens with zero attached hydrogens (tertiary/aromatic N) is 1. The van der Waals surface area contributed by atoms with Crippen molar-refractivity contribution in [2.45, 2.75) is 52.0 Å². The molecule has 0 aliphatic heterocycles. The van der Waals surface area contributed by atoms with Crippen LogP contribution in [0.5, 0.6) is 0 Å². The van der Waals surface area contributed by atoms with Crippen LogP contribution in [0.2, 0.25) is 0 Å². The number of hydrogen-bond donors (Lipinski definition) is 2. The van der Waals surface area contributed by atoms with Crippen LogP contribution in [-0.2, 0) is 9.59 Å². The van der Waals surface area contributed by atoms with Crippen molar-refractivity contribution >= 4 is 11.9 Å². The zero-order chi connectivity index (χ0) is 13.3. The highest BCUT2D eigenvalue weighted by Crippen LogP contribution is 2.05. The fourth-order valence-corrected chi connectivity index (χ4v) is 1.43. The van der Waals surface area contributed by atoms with Crippen molar-refractivity contribution in [3.8, 4) is 6.07 Å². The van der Waals surface area contributed by atoms with Gasteiger partial charge in [-0.15, -0.1) is 0 Å². The lowest BCUT2D eigenvalue weighted by Crippen LogP contribution is -2.41. The van der Waals surface area contributed by atoms with Gasteiger partial charge < -0.3 is 10.4 Å². The van der Waals surface area contributed by atoms with Crippen LogP contribution in [0, 0.1) is 17.2 Å². The second-order valence-electron chi connectivity index (χ2n) is 4.46. The van der Waals surface area contributed by atoms with Crippen LogP contribution in [0.25, 0.3) is 0 Å². The monoisotopic (exact) mass is 240 g/mol. The van der Waals surface area contributed by atoms with Crippen molar-refractivity contribution in [2.24, 2.45) is 5.92 Å². The third-order valence-electron chi connectivity index (χ3n) is 2.26. The molecule has 5 heteroatoms. The van der Waals surface area contributed by atoms with Crippen LogP contribution in [0.4, 0.5) is 0 Å². The predicted molar refractivity (Wildman–Crippen MR) is 63.1 cm³/mol. The fourth-order valence-electron chi connectivity index (χ4n) is 1.43. The molecule has 0 radical (unpaired) electrons. The first kappa shape index (κ1) is 15.4. The maximum Gasteiger partial charge on any atom is 0.326 e. The molecule has 1 amide bonds. The Morgan fingerprint density at radius 3 is 2.47 bits per heavy atom. The second-order valence-corrected chi connectivity index (χ2v) is 4.46. The van der Waals surface area contributed by atoms with Gasteiger partial charge >= 0.3 is 5.97 Å². The molecule has 0 aliphatic rings. The predicted octanol–water partition coefficient (Wildman–Crippen LogP) is 1.69. The minimum absolute atomic E-state index is 0.211. The van der Waals surface area contributed by atoms with Crippen LogP contribution in [0.1, 0.15) is 46.0 Å². The minimum atomic E-state index is -1.01. The summed E-state index contributed by atoms with van der Waals surface area (Å²) >= 11 is 0. The highest BCUT2D eigenvalue weighted by molar-refractivity contribution is 5.83. The van der Waals surface area contributed by atoms with Crippen LogP contribution in [-0.4, -0.2) is 23.0 Å². The molecule has 0 aromatic carbocycles. The molecule has 96 valence electrons. The summed E-state index contributed by atoms with van der Waals surface area (Å²) in [6, 6.07) is 1.17. The van der Waals surface area contributed by atoms with Gasteiger partial charge in [-0.05, 0) is 25.2 Å². The lowest BCUT2D eigenvalue weighted by atomic mass is 10.1. The molecule has 0 saturated heterocycles. The quantitative estimate of drug-likeness (QED) is 0.632. The average Bonchev–Trinajstić information content (AvgIpc) is 2.21. The van der Waals surface area contributed by atoms with Crippen molar-refractivity contribution in [2.75, 3.05) is 0 Å². The van der Waals surface area contributed by atoms with Gasteiger partial charge in [0.25, 0.3) is 0 Å². The van der Waals surface area contributed by atoms with Crippen molar-refractivity contribution < 1.29 is 14.7 Å². The summed E-state index contributed by atoms with van der Waals surface area (Å²) in [4.78, 5) is 22.3. The Bertz CT molecular complexity index is 295. The molecular formula is C12H20N2O3. The lowest BCUT2D eigenvalue weighted by Gasteiger charge is -2.14. The van der Waals surface area contributed by atoms with E-state index in [1.165, 1.54) is 0 Å². The van der Waals surface area contributed by atoms with Gasteiger partial charge in [-0.25, -0.2) is 4.79 Å². The molecule has 2 N–H and O–H groups in total. The zero-order valence-corrected chi connectivity index (χ0v) is 10.4. The van der Waals surface area contributed by atoms with Crippen molar-refractivity contribution in [1.29, 1.82) is 5.26 Å². The van der Waals surface area contributed by atoms with Gasteiger partial charge in [0, 0.05) is 12.8 Å². The Kier molecular flexibility index (Phi) is 7.78. The summed E-state index contributed by atoms with van der Waals surface area (Å²) in [5, 5.41) is 19.8. The first-order valence-corrected chi connectivity index (χ1v) is 5.86. The molecule has 0 unspecified atom stereocenters. The largest absolute Gasteiger partial charge is 0.480 e. The number of carbonyl (C=O) groups is 2. The van der Waals surface area contributed by atoms with Crippen LogP contribution in [0.15, 0.2) is 0 Å². The SMILES string of the molecule is CC(C)CC(=O)N[C@H](CCCCC#N)C(=O)O. The molecule has 0 aromatic rings. The third-order valence-corrected chi connectivity index (χ3v) is 2.26. The van der Waals surface area contributed by atoms with Crippen molar-refractivity contribution in [3.05, 3.63) is 0 Å². The minimum Gasteiger partial charge on any atom is -0.480 e. The molecule has 0 fully saturated rings. The highest BCUT2D eigenvalue weighted by Gasteiger charge is 2.19. The number of carbonyl (C=O) groups excluding carboxylic acids is 1.